The zero-order valence-electron chi connectivity index (χ0n) is 13.6. The Kier molecular flexibility index (Phi) is 6.83. The van der Waals surface area contributed by atoms with E-state index < -0.39 is 0 Å². The van der Waals surface area contributed by atoms with E-state index in [1.807, 2.05) is 12.1 Å². The molecule has 1 saturated heterocycles. The molecule has 1 amide bonds. The van der Waals surface area contributed by atoms with Crippen molar-refractivity contribution in [2.24, 2.45) is 0 Å². The van der Waals surface area contributed by atoms with Gasteiger partial charge in [-0.3, -0.25) is 9.69 Å². The molecule has 122 valence electrons. The van der Waals surface area contributed by atoms with E-state index in [0.717, 1.165) is 38.4 Å². The molecule has 0 spiro atoms. The maximum absolute atomic E-state index is 12.1. The number of nitrogens with zero attached hydrogens (tertiary/aromatic N) is 1. The summed E-state index contributed by atoms with van der Waals surface area (Å²) in [6.45, 7) is 9.57. The van der Waals surface area contributed by atoms with Crippen LogP contribution in [-0.4, -0.2) is 49.7 Å². The number of rotatable bonds is 7. The zero-order valence-corrected chi connectivity index (χ0v) is 13.6. The highest BCUT2D eigenvalue weighted by atomic mass is 16.5. The van der Waals surface area contributed by atoms with Gasteiger partial charge in [-0.25, -0.2) is 0 Å². The Labute approximate surface area is 133 Å². The Hall–Kier alpha value is -1.43. The summed E-state index contributed by atoms with van der Waals surface area (Å²) < 4.78 is 5.56. The second-order valence-electron chi connectivity index (χ2n) is 5.61. The van der Waals surface area contributed by atoms with Crippen molar-refractivity contribution in [2.75, 3.05) is 38.1 Å². The number of benzene rings is 1. The lowest BCUT2D eigenvalue weighted by atomic mass is 10.1. The normalized spacial score (nSPS) is 18.4. The lowest BCUT2D eigenvalue weighted by Gasteiger charge is -2.23. The van der Waals surface area contributed by atoms with Gasteiger partial charge in [-0.05, 0) is 30.8 Å². The lowest BCUT2D eigenvalue weighted by molar-refractivity contribution is -0.119. The van der Waals surface area contributed by atoms with Gasteiger partial charge in [0.05, 0.1) is 19.1 Å². The number of anilines is 1. The second kappa shape index (κ2) is 8.88. The fraction of sp³-hybridized carbons (Fsp3) is 0.588. The molecule has 1 fully saturated rings. The average Bonchev–Trinajstić information content (AvgIpc) is 2.53. The van der Waals surface area contributed by atoms with Gasteiger partial charge in [0, 0.05) is 25.3 Å². The third-order valence-electron chi connectivity index (χ3n) is 3.93. The SMILES string of the molecule is CCN(CC)Cc1cccc(NC(=O)CC2CNCCO2)c1. The number of amides is 1. The molecule has 1 unspecified atom stereocenters. The Morgan fingerprint density at radius 3 is 2.91 bits per heavy atom. The van der Waals surface area contributed by atoms with Crippen LogP contribution in [0.1, 0.15) is 25.8 Å². The smallest absolute Gasteiger partial charge is 0.227 e. The van der Waals surface area contributed by atoms with E-state index in [9.17, 15) is 4.79 Å². The van der Waals surface area contributed by atoms with Gasteiger partial charge in [-0.1, -0.05) is 26.0 Å². The van der Waals surface area contributed by atoms with Crippen LogP contribution in [0.2, 0.25) is 0 Å². The van der Waals surface area contributed by atoms with Crippen LogP contribution >= 0.6 is 0 Å². The topological polar surface area (TPSA) is 53.6 Å². The molecule has 2 N–H and O–H groups in total. The molecule has 22 heavy (non-hydrogen) atoms. The first-order chi connectivity index (χ1) is 10.7. The van der Waals surface area contributed by atoms with Crippen molar-refractivity contribution in [3.63, 3.8) is 0 Å². The molecule has 0 bridgehead atoms. The first-order valence-electron chi connectivity index (χ1n) is 8.14. The van der Waals surface area contributed by atoms with Gasteiger partial charge in [-0.2, -0.15) is 0 Å². The summed E-state index contributed by atoms with van der Waals surface area (Å²) in [4.78, 5) is 14.4. The molecule has 5 heteroatoms. The van der Waals surface area contributed by atoms with Crippen LogP contribution in [0.15, 0.2) is 24.3 Å². The van der Waals surface area contributed by atoms with Crippen LogP contribution in [0.5, 0.6) is 0 Å². The molecular formula is C17H27N3O2. The highest BCUT2D eigenvalue weighted by Gasteiger charge is 2.17. The Balaban J connectivity index is 1.87. The van der Waals surface area contributed by atoms with Crippen molar-refractivity contribution in [2.45, 2.75) is 32.9 Å². The Morgan fingerprint density at radius 1 is 1.41 bits per heavy atom. The van der Waals surface area contributed by atoms with Crippen molar-refractivity contribution in [3.8, 4) is 0 Å². The highest BCUT2D eigenvalue weighted by molar-refractivity contribution is 5.91. The highest BCUT2D eigenvalue weighted by Crippen LogP contribution is 2.14. The predicted molar refractivity (Wildman–Crippen MR) is 88.9 cm³/mol. The van der Waals surface area contributed by atoms with E-state index in [-0.39, 0.29) is 12.0 Å². The van der Waals surface area contributed by atoms with Gasteiger partial charge < -0.3 is 15.4 Å². The van der Waals surface area contributed by atoms with Crippen molar-refractivity contribution in [1.82, 2.24) is 10.2 Å². The molecule has 0 aromatic heterocycles. The van der Waals surface area contributed by atoms with E-state index >= 15 is 0 Å². The van der Waals surface area contributed by atoms with Crippen LogP contribution in [0.25, 0.3) is 0 Å². The third kappa shape index (κ3) is 5.40. The Morgan fingerprint density at radius 2 is 2.23 bits per heavy atom. The number of nitrogens with one attached hydrogen (secondary N) is 2. The summed E-state index contributed by atoms with van der Waals surface area (Å²) in [5, 5.41) is 6.21. The third-order valence-corrected chi connectivity index (χ3v) is 3.93. The van der Waals surface area contributed by atoms with E-state index in [2.05, 4.69) is 41.5 Å². The van der Waals surface area contributed by atoms with E-state index in [1.54, 1.807) is 0 Å². The van der Waals surface area contributed by atoms with E-state index in [1.165, 1.54) is 5.56 Å². The summed E-state index contributed by atoms with van der Waals surface area (Å²) in [6.07, 6.45) is 0.375. The lowest BCUT2D eigenvalue weighted by Crippen LogP contribution is -2.40. The molecule has 1 atom stereocenters. The van der Waals surface area contributed by atoms with Crippen LogP contribution in [0.4, 0.5) is 5.69 Å². The molecule has 1 aliphatic rings. The summed E-state index contributed by atoms with van der Waals surface area (Å²) in [6, 6.07) is 8.08. The standard InChI is InChI=1S/C17H27N3O2/c1-3-20(4-2)13-14-6-5-7-15(10-14)19-17(21)11-16-12-18-8-9-22-16/h5-7,10,16,18H,3-4,8-9,11-13H2,1-2H3,(H,19,21). The number of morpholine rings is 1. The molecule has 5 nitrogen and oxygen atoms in total. The summed E-state index contributed by atoms with van der Waals surface area (Å²) in [7, 11) is 0. The number of hydrogen-bond donors (Lipinski definition) is 2. The molecule has 2 rings (SSSR count). The molecule has 1 aromatic rings. The van der Waals surface area contributed by atoms with Crippen molar-refractivity contribution in [1.29, 1.82) is 0 Å². The molecule has 0 aliphatic carbocycles. The second-order valence-corrected chi connectivity index (χ2v) is 5.61. The van der Waals surface area contributed by atoms with E-state index in [4.69, 9.17) is 4.74 Å². The molecule has 1 aliphatic heterocycles. The monoisotopic (exact) mass is 305 g/mol. The van der Waals surface area contributed by atoms with Gasteiger partial charge >= 0.3 is 0 Å². The number of carbonyl (C=O) groups excluding carboxylic acids is 1. The molecular weight excluding hydrogens is 278 g/mol. The summed E-state index contributed by atoms with van der Waals surface area (Å²) in [5.74, 6) is 0.00805. The van der Waals surface area contributed by atoms with Crippen LogP contribution in [-0.2, 0) is 16.1 Å². The van der Waals surface area contributed by atoms with Gasteiger partial charge in [0.2, 0.25) is 5.91 Å². The maximum Gasteiger partial charge on any atom is 0.227 e. The quantitative estimate of drug-likeness (QED) is 0.807. The maximum atomic E-state index is 12.1. The predicted octanol–water partition coefficient (Wildman–Crippen LogP) is 1.85. The molecule has 1 heterocycles. The number of hydrogen-bond acceptors (Lipinski definition) is 4. The van der Waals surface area contributed by atoms with Gasteiger partial charge in [0.15, 0.2) is 0 Å². The van der Waals surface area contributed by atoms with E-state index in [0.29, 0.717) is 13.0 Å². The van der Waals surface area contributed by atoms with Crippen LogP contribution in [0.3, 0.4) is 0 Å². The van der Waals surface area contributed by atoms with Crippen LogP contribution in [0, 0.1) is 0 Å². The fourth-order valence-corrected chi connectivity index (χ4v) is 2.62. The molecule has 1 aromatic carbocycles. The molecule has 0 radical (unpaired) electrons. The summed E-state index contributed by atoms with van der Waals surface area (Å²) >= 11 is 0. The first kappa shape index (κ1) is 16.9. The van der Waals surface area contributed by atoms with Crippen molar-refractivity contribution < 1.29 is 9.53 Å². The zero-order chi connectivity index (χ0) is 15.8. The van der Waals surface area contributed by atoms with Crippen molar-refractivity contribution in [3.05, 3.63) is 29.8 Å². The summed E-state index contributed by atoms with van der Waals surface area (Å²) in [5.41, 5.74) is 2.08. The van der Waals surface area contributed by atoms with Gasteiger partial charge in [-0.15, -0.1) is 0 Å². The van der Waals surface area contributed by atoms with Crippen LogP contribution < -0.4 is 10.6 Å². The Bertz CT molecular complexity index is 469. The average molecular weight is 305 g/mol. The fourth-order valence-electron chi connectivity index (χ4n) is 2.62. The van der Waals surface area contributed by atoms with Gasteiger partial charge in [0.1, 0.15) is 0 Å². The van der Waals surface area contributed by atoms with Gasteiger partial charge in [0.25, 0.3) is 0 Å². The number of carbonyl (C=O) groups is 1. The number of ether oxygens (including phenoxy) is 1. The van der Waals surface area contributed by atoms with Crippen molar-refractivity contribution >= 4 is 11.6 Å². The minimum absolute atomic E-state index is 0.00805. The minimum atomic E-state index is -0.0207. The minimum Gasteiger partial charge on any atom is -0.375 e. The largest absolute Gasteiger partial charge is 0.375 e. The molecule has 0 saturated carbocycles. The first-order valence-corrected chi connectivity index (χ1v) is 8.14.